The van der Waals surface area contributed by atoms with Gasteiger partial charge >= 0.3 is 0 Å². The van der Waals surface area contributed by atoms with Crippen molar-refractivity contribution in [3.8, 4) is 5.75 Å². The fourth-order valence-electron chi connectivity index (χ4n) is 3.21. The lowest BCUT2D eigenvalue weighted by atomic mass is 10.1. The zero-order valence-corrected chi connectivity index (χ0v) is 18.8. The van der Waals surface area contributed by atoms with Crippen LogP contribution in [-0.4, -0.2) is 35.9 Å². The van der Waals surface area contributed by atoms with Gasteiger partial charge in [0.1, 0.15) is 11.8 Å². The molecule has 0 radical (unpaired) electrons. The Labute approximate surface area is 180 Å². The Morgan fingerprint density at radius 3 is 2.30 bits per heavy atom. The van der Waals surface area contributed by atoms with E-state index in [0.717, 1.165) is 23.1 Å². The van der Waals surface area contributed by atoms with Crippen LogP contribution in [0.15, 0.2) is 42.5 Å². The molecule has 2 aromatic carbocycles. The summed E-state index contributed by atoms with van der Waals surface area (Å²) >= 11 is 0. The predicted octanol–water partition coefficient (Wildman–Crippen LogP) is 4.32. The summed E-state index contributed by atoms with van der Waals surface area (Å²) in [6.45, 7) is 10.9. The average Bonchev–Trinajstić information content (AvgIpc) is 2.74. The van der Waals surface area contributed by atoms with Gasteiger partial charge in [0.05, 0.1) is 0 Å². The van der Waals surface area contributed by atoms with Gasteiger partial charge in [-0.05, 0) is 62.4 Å². The standard InChI is InChI=1S/C25H34N2O3/c1-6-14-26-25(29)23(7-2)27(16-21-11-8-18(3)9-12-21)24(28)17-30-22-13-10-19(4)20(5)15-22/h8-13,15,23H,6-7,14,16-17H2,1-5H3,(H,26,29). The molecule has 1 N–H and O–H groups in total. The maximum absolute atomic E-state index is 13.1. The van der Waals surface area contributed by atoms with Crippen LogP contribution in [0.2, 0.25) is 0 Å². The summed E-state index contributed by atoms with van der Waals surface area (Å²) in [5.41, 5.74) is 4.43. The first-order valence-electron chi connectivity index (χ1n) is 10.7. The first-order chi connectivity index (χ1) is 14.3. The van der Waals surface area contributed by atoms with Crippen LogP contribution in [0, 0.1) is 20.8 Å². The molecule has 2 rings (SSSR count). The van der Waals surface area contributed by atoms with E-state index in [0.29, 0.717) is 25.3 Å². The summed E-state index contributed by atoms with van der Waals surface area (Å²) in [6.07, 6.45) is 1.39. The summed E-state index contributed by atoms with van der Waals surface area (Å²) in [5, 5.41) is 2.93. The minimum atomic E-state index is -0.534. The lowest BCUT2D eigenvalue weighted by Crippen LogP contribution is -2.50. The normalized spacial score (nSPS) is 11.6. The van der Waals surface area contributed by atoms with Crippen LogP contribution in [0.5, 0.6) is 5.75 Å². The SMILES string of the molecule is CCCNC(=O)C(CC)N(Cc1ccc(C)cc1)C(=O)COc1ccc(C)c(C)c1. The molecule has 0 aliphatic carbocycles. The van der Waals surface area contributed by atoms with Gasteiger partial charge in [-0.25, -0.2) is 0 Å². The van der Waals surface area contributed by atoms with Crippen LogP contribution < -0.4 is 10.1 Å². The average molecular weight is 411 g/mol. The second-order valence-corrected chi connectivity index (χ2v) is 7.76. The number of hydrogen-bond donors (Lipinski definition) is 1. The van der Waals surface area contributed by atoms with E-state index < -0.39 is 6.04 Å². The molecule has 0 aromatic heterocycles. The number of carbonyl (C=O) groups excluding carboxylic acids is 2. The van der Waals surface area contributed by atoms with Crippen molar-refractivity contribution in [1.82, 2.24) is 10.2 Å². The summed E-state index contributed by atoms with van der Waals surface area (Å²) in [4.78, 5) is 27.5. The minimum Gasteiger partial charge on any atom is -0.484 e. The largest absolute Gasteiger partial charge is 0.484 e. The summed E-state index contributed by atoms with van der Waals surface area (Å²) in [5.74, 6) is 0.337. The van der Waals surface area contributed by atoms with Gasteiger partial charge in [0.15, 0.2) is 6.61 Å². The number of hydrogen-bond acceptors (Lipinski definition) is 3. The number of aryl methyl sites for hydroxylation is 3. The van der Waals surface area contributed by atoms with E-state index in [9.17, 15) is 9.59 Å². The number of amides is 2. The number of rotatable bonds is 10. The molecule has 0 spiro atoms. The molecule has 2 amide bonds. The third-order valence-corrected chi connectivity index (χ3v) is 5.25. The Hall–Kier alpha value is -2.82. The molecule has 5 nitrogen and oxygen atoms in total. The van der Waals surface area contributed by atoms with Gasteiger partial charge in [0.2, 0.25) is 5.91 Å². The van der Waals surface area contributed by atoms with Gasteiger partial charge in [-0.3, -0.25) is 9.59 Å². The highest BCUT2D eigenvalue weighted by atomic mass is 16.5. The quantitative estimate of drug-likeness (QED) is 0.634. The molecule has 1 atom stereocenters. The van der Waals surface area contributed by atoms with Crippen molar-refractivity contribution in [1.29, 1.82) is 0 Å². The van der Waals surface area contributed by atoms with Gasteiger partial charge in [0.25, 0.3) is 5.91 Å². The topological polar surface area (TPSA) is 58.6 Å². The van der Waals surface area contributed by atoms with E-state index in [4.69, 9.17) is 4.74 Å². The van der Waals surface area contributed by atoms with Crippen LogP contribution in [0.4, 0.5) is 0 Å². The lowest BCUT2D eigenvalue weighted by Gasteiger charge is -2.30. The Kier molecular flexibility index (Phi) is 8.90. The van der Waals surface area contributed by atoms with E-state index in [1.165, 1.54) is 5.56 Å². The number of nitrogens with one attached hydrogen (secondary N) is 1. The Morgan fingerprint density at radius 2 is 1.70 bits per heavy atom. The highest BCUT2D eigenvalue weighted by Crippen LogP contribution is 2.18. The third-order valence-electron chi connectivity index (χ3n) is 5.25. The van der Waals surface area contributed by atoms with E-state index in [1.54, 1.807) is 4.90 Å². The first-order valence-corrected chi connectivity index (χ1v) is 10.7. The molecule has 0 saturated heterocycles. The lowest BCUT2D eigenvalue weighted by molar-refractivity contribution is -0.143. The molecule has 5 heteroatoms. The number of nitrogens with zero attached hydrogens (tertiary/aromatic N) is 1. The van der Waals surface area contributed by atoms with Crippen molar-refractivity contribution in [2.75, 3.05) is 13.2 Å². The summed E-state index contributed by atoms with van der Waals surface area (Å²) < 4.78 is 5.77. The van der Waals surface area contributed by atoms with Crippen molar-refractivity contribution in [3.63, 3.8) is 0 Å². The first kappa shape index (κ1) is 23.5. The van der Waals surface area contributed by atoms with E-state index in [1.807, 2.05) is 77.1 Å². The smallest absolute Gasteiger partial charge is 0.261 e. The molecular weight excluding hydrogens is 376 g/mol. The zero-order chi connectivity index (χ0) is 22.1. The maximum atomic E-state index is 13.1. The van der Waals surface area contributed by atoms with Gasteiger partial charge in [-0.2, -0.15) is 0 Å². The summed E-state index contributed by atoms with van der Waals surface area (Å²) in [7, 11) is 0. The zero-order valence-electron chi connectivity index (χ0n) is 18.8. The van der Waals surface area contributed by atoms with Crippen molar-refractivity contribution in [2.24, 2.45) is 0 Å². The van der Waals surface area contributed by atoms with Crippen molar-refractivity contribution in [3.05, 3.63) is 64.7 Å². The molecule has 2 aromatic rings. The minimum absolute atomic E-state index is 0.105. The molecule has 0 bridgehead atoms. The van der Waals surface area contributed by atoms with Crippen LogP contribution >= 0.6 is 0 Å². The van der Waals surface area contributed by atoms with Crippen LogP contribution in [0.3, 0.4) is 0 Å². The monoisotopic (exact) mass is 410 g/mol. The molecular formula is C25H34N2O3. The highest BCUT2D eigenvalue weighted by molar-refractivity contribution is 5.88. The second-order valence-electron chi connectivity index (χ2n) is 7.76. The van der Waals surface area contributed by atoms with Crippen LogP contribution in [-0.2, 0) is 16.1 Å². The van der Waals surface area contributed by atoms with E-state index >= 15 is 0 Å². The van der Waals surface area contributed by atoms with Crippen molar-refractivity contribution >= 4 is 11.8 Å². The van der Waals surface area contributed by atoms with Gasteiger partial charge < -0.3 is 15.0 Å². The van der Waals surface area contributed by atoms with Crippen molar-refractivity contribution < 1.29 is 14.3 Å². The molecule has 0 saturated carbocycles. The van der Waals surface area contributed by atoms with Crippen molar-refractivity contribution in [2.45, 2.75) is 60.0 Å². The molecule has 0 fully saturated rings. The van der Waals surface area contributed by atoms with E-state index in [-0.39, 0.29) is 18.4 Å². The maximum Gasteiger partial charge on any atom is 0.261 e. The Balaban J connectivity index is 2.18. The van der Waals surface area contributed by atoms with Gasteiger partial charge in [-0.1, -0.05) is 49.7 Å². The molecule has 1 unspecified atom stereocenters. The van der Waals surface area contributed by atoms with Gasteiger partial charge in [-0.15, -0.1) is 0 Å². The van der Waals surface area contributed by atoms with Crippen LogP contribution in [0.25, 0.3) is 0 Å². The Bertz CT molecular complexity index is 846. The predicted molar refractivity (Wildman–Crippen MR) is 121 cm³/mol. The fourth-order valence-corrected chi connectivity index (χ4v) is 3.21. The molecule has 0 aliphatic heterocycles. The molecule has 0 aliphatic rings. The second kappa shape index (κ2) is 11.4. The van der Waals surface area contributed by atoms with E-state index in [2.05, 4.69) is 5.32 Å². The summed E-state index contributed by atoms with van der Waals surface area (Å²) in [6, 6.07) is 13.3. The number of benzene rings is 2. The fraction of sp³-hybridized carbons (Fsp3) is 0.440. The Morgan fingerprint density at radius 1 is 1.00 bits per heavy atom. The van der Waals surface area contributed by atoms with Crippen LogP contribution in [0.1, 0.15) is 48.9 Å². The number of carbonyl (C=O) groups is 2. The molecule has 0 heterocycles. The van der Waals surface area contributed by atoms with Gasteiger partial charge in [0, 0.05) is 13.1 Å². The molecule has 30 heavy (non-hydrogen) atoms. The molecule has 162 valence electrons. The number of ether oxygens (including phenoxy) is 1. The third kappa shape index (κ3) is 6.61. The highest BCUT2D eigenvalue weighted by Gasteiger charge is 2.28.